The summed E-state index contributed by atoms with van der Waals surface area (Å²) in [5.74, 6) is 0.0536. The number of ether oxygens (including phenoxy) is 1. The third kappa shape index (κ3) is 6.00. The molecule has 0 aliphatic carbocycles. The minimum atomic E-state index is -0.521. The van der Waals surface area contributed by atoms with Crippen LogP contribution in [0.25, 0.3) is 6.08 Å². The van der Waals surface area contributed by atoms with Crippen LogP contribution >= 0.6 is 27.5 Å². The number of aryl methyl sites for hydroxylation is 3. The van der Waals surface area contributed by atoms with Crippen LogP contribution in [0.15, 0.2) is 64.6 Å². The summed E-state index contributed by atoms with van der Waals surface area (Å²) in [4.78, 5) is 12.7. The number of nitrogens with one attached hydrogen (secondary N) is 1. The van der Waals surface area contributed by atoms with Crippen molar-refractivity contribution in [2.45, 2.75) is 27.4 Å². The van der Waals surface area contributed by atoms with E-state index in [2.05, 4.69) is 47.2 Å². The highest BCUT2D eigenvalue weighted by Gasteiger charge is 2.13. The normalized spacial score (nSPS) is 11.1. The monoisotopic (exact) mass is 508 g/mol. The van der Waals surface area contributed by atoms with Crippen LogP contribution in [-0.4, -0.2) is 5.91 Å². The second-order valence-corrected chi connectivity index (χ2v) is 8.80. The first-order valence-corrected chi connectivity index (χ1v) is 11.1. The predicted octanol–water partition coefficient (Wildman–Crippen LogP) is 7.15. The van der Waals surface area contributed by atoms with Gasteiger partial charge in [-0.2, -0.15) is 5.26 Å². The van der Waals surface area contributed by atoms with Gasteiger partial charge in [0.05, 0.1) is 0 Å². The number of nitriles is 1. The van der Waals surface area contributed by atoms with Gasteiger partial charge in [0.25, 0.3) is 5.91 Å². The van der Waals surface area contributed by atoms with Crippen LogP contribution in [0.1, 0.15) is 27.8 Å². The molecule has 0 bridgehead atoms. The summed E-state index contributed by atoms with van der Waals surface area (Å²) < 4.78 is 6.83. The van der Waals surface area contributed by atoms with Crippen LogP contribution in [0.2, 0.25) is 5.02 Å². The Morgan fingerprint density at radius 3 is 2.50 bits per heavy atom. The predicted molar refractivity (Wildman–Crippen MR) is 133 cm³/mol. The molecule has 3 aromatic carbocycles. The summed E-state index contributed by atoms with van der Waals surface area (Å²) >= 11 is 9.57. The van der Waals surface area contributed by atoms with Gasteiger partial charge >= 0.3 is 0 Å². The first-order chi connectivity index (χ1) is 15.3. The van der Waals surface area contributed by atoms with E-state index < -0.39 is 5.91 Å². The van der Waals surface area contributed by atoms with E-state index >= 15 is 0 Å². The van der Waals surface area contributed by atoms with E-state index in [4.69, 9.17) is 16.3 Å². The molecule has 0 radical (unpaired) electrons. The van der Waals surface area contributed by atoms with Gasteiger partial charge in [-0.15, -0.1) is 0 Å². The summed E-state index contributed by atoms with van der Waals surface area (Å²) in [5.41, 5.74) is 5.46. The van der Waals surface area contributed by atoms with Crippen molar-refractivity contribution in [3.8, 4) is 11.8 Å². The zero-order valence-electron chi connectivity index (χ0n) is 18.0. The van der Waals surface area contributed by atoms with E-state index in [1.807, 2.05) is 37.3 Å². The lowest BCUT2D eigenvalue weighted by molar-refractivity contribution is -0.112. The maximum atomic E-state index is 12.7. The highest BCUT2D eigenvalue weighted by Crippen LogP contribution is 2.27. The molecule has 0 saturated heterocycles. The Bertz CT molecular complexity index is 1250. The maximum Gasteiger partial charge on any atom is 0.266 e. The number of nitrogens with zero attached hydrogens (tertiary/aromatic N) is 1. The molecule has 0 aliphatic heterocycles. The Morgan fingerprint density at radius 1 is 1.06 bits per heavy atom. The van der Waals surface area contributed by atoms with Gasteiger partial charge in [0.2, 0.25) is 0 Å². The average Bonchev–Trinajstić information content (AvgIpc) is 2.76. The number of hydrogen-bond acceptors (Lipinski definition) is 3. The Kier molecular flexibility index (Phi) is 7.74. The molecule has 162 valence electrons. The Balaban J connectivity index is 1.83. The number of rotatable bonds is 6. The van der Waals surface area contributed by atoms with Crippen molar-refractivity contribution >= 4 is 45.2 Å². The molecule has 0 atom stereocenters. The van der Waals surface area contributed by atoms with Gasteiger partial charge in [0, 0.05) is 20.7 Å². The summed E-state index contributed by atoms with van der Waals surface area (Å²) in [7, 11) is 0. The van der Waals surface area contributed by atoms with Crippen LogP contribution in [0.4, 0.5) is 5.69 Å². The zero-order valence-corrected chi connectivity index (χ0v) is 20.3. The summed E-state index contributed by atoms with van der Waals surface area (Å²) in [6.07, 6.45) is 1.52. The highest BCUT2D eigenvalue weighted by atomic mass is 79.9. The summed E-state index contributed by atoms with van der Waals surface area (Å²) in [5, 5.41) is 12.9. The first-order valence-electron chi connectivity index (χ1n) is 9.94. The molecule has 0 aromatic heterocycles. The molecule has 3 aromatic rings. The quantitative estimate of drug-likeness (QED) is 0.283. The molecule has 0 fully saturated rings. The van der Waals surface area contributed by atoms with E-state index in [0.29, 0.717) is 28.6 Å². The van der Waals surface area contributed by atoms with Gasteiger partial charge in [-0.25, -0.2) is 0 Å². The zero-order chi connectivity index (χ0) is 23.3. The fourth-order valence-corrected chi connectivity index (χ4v) is 3.55. The number of carbonyl (C=O) groups excluding carboxylic acids is 1. The number of carbonyl (C=O) groups is 1. The number of halogens is 2. The third-order valence-electron chi connectivity index (χ3n) is 5.03. The molecule has 4 nitrogen and oxygen atoms in total. The summed E-state index contributed by atoms with van der Waals surface area (Å²) in [6.45, 7) is 6.38. The lowest BCUT2D eigenvalue weighted by atomic mass is 10.1. The Hall–Kier alpha value is -3.07. The number of amides is 1. The van der Waals surface area contributed by atoms with Gasteiger partial charge in [0.15, 0.2) is 0 Å². The average molecular weight is 510 g/mol. The van der Waals surface area contributed by atoms with Crippen LogP contribution in [0.3, 0.4) is 0 Å². The lowest BCUT2D eigenvalue weighted by Gasteiger charge is -2.12. The Morgan fingerprint density at radius 2 is 1.81 bits per heavy atom. The molecule has 1 N–H and O–H groups in total. The van der Waals surface area contributed by atoms with Gasteiger partial charge in [-0.1, -0.05) is 51.8 Å². The van der Waals surface area contributed by atoms with E-state index in [9.17, 15) is 10.1 Å². The molecule has 0 unspecified atom stereocenters. The molecule has 0 spiro atoms. The van der Waals surface area contributed by atoms with Crippen LogP contribution in [-0.2, 0) is 11.4 Å². The summed E-state index contributed by atoms with van der Waals surface area (Å²) in [6, 6.07) is 18.8. The highest BCUT2D eigenvalue weighted by molar-refractivity contribution is 9.10. The van der Waals surface area contributed by atoms with Crippen LogP contribution in [0.5, 0.6) is 5.75 Å². The van der Waals surface area contributed by atoms with Crippen molar-refractivity contribution in [2.24, 2.45) is 0 Å². The van der Waals surface area contributed by atoms with E-state index in [1.165, 1.54) is 17.2 Å². The van der Waals surface area contributed by atoms with Crippen molar-refractivity contribution in [1.82, 2.24) is 0 Å². The fourth-order valence-electron chi connectivity index (χ4n) is 2.99. The van der Waals surface area contributed by atoms with Crippen LogP contribution < -0.4 is 10.1 Å². The van der Waals surface area contributed by atoms with E-state index in [0.717, 1.165) is 15.6 Å². The van der Waals surface area contributed by atoms with Crippen molar-refractivity contribution in [3.63, 3.8) is 0 Å². The molecule has 6 heteroatoms. The standard InChI is InChI=1S/C26H22BrClN2O2/c1-16-4-6-19(10-18(16)3)15-32-25-9-7-22(27)12-20(25)11-21(14-29)26(31)30-23-8-5-17(2)24(28)13-23/h4-13H,15H2,1-3H3,(H,30,31)/b21-11+. The van der Waals surface area contributed by atoms with Gasteiger partial charge in [-0.3, -0.25) is 4.79 Å². The topological polar surface area (TPSA) is 62.1 Å². The minimum Gasteiger partial charge on any atom is -0.488 e. The number of hydrogen-bond donors (Lipinski definition) is 1. The second kappa shape index (κ2) is 10.5. The second-order valence-electron chi connectivity index (χ2n) is 7.48. The fraction of sp³-hybridized carbons (Fsp3) is 0.154. The molecule has 32 heavy (non-hydrogen) atoms. The number of benzene rings is 3. The van der Waals surface area contributed by atoms with E-state index in [1.54, 1.807) is 18.2 Å². The maximum absolute atomic E-state index is 12.7. The molecule has 0 aliphatic rings. The molecule has 0 heterocycles. The lowest BCUT2D eigenvalue weighted by Crippen LogP contribution is -2.13. The molecule has 0 saturated carbocycles. The van der Waals surface area contributed by atoms with Gasteiger partial charge < -0.3 is 10.1 Å². The molecular weight excluding hydrogens is 488 g/mol. The minimum absolute atomic E-state index is 0.0455. The first kappa shape index (κ1) is 23.6. The Labute approximate surface area is 201 Å². The third-order valence-corrected chi connectivity index (χ3v) is 5.93. The van der Waals surface area contributed by atoms with E-state index in [-0.39, 0.29) is 5.57 Å². The van der Waals surface area contributed by atoms with Crippen molar-refractivity contribution in [3.05, 3.63) is 97.5 Å². The molecule has 1 amide bonds. The SMILES string of the molecule is Cc1ccc(COc2ccc(Br)cc2/C=C(\C#N)C(=O)Nc2ccc(C)c(Cl)c2)cc1C. The number of anilines is 1. The van der Waals surface area contributed by atoms with Crippen molar-refractivity contribution < 1.29 is 9.53 Å². The van der Waals surface area contributed by atoms with Gasteiger partial charge in [0.1, 0.15) is 24.0 Å². The largest absolute Gasteiger partial charge is 0.488 e. The van der Waals surface area contributed by atoms with Crippen LogP contribution in [0, 0.1) is 32.1 Å². The van der Waals surface area contributed by atoms with Gasteiger partial charge in [-0.05, 0) is 79.4 Å². The molecular formula is C26H22BrClN2O2. The molecule has 3 rings (SSSR count). The van der Waals surface area contributed by atoms with Crippen molar-refractivity contribution in [2.75, 3.05) is 5.32 Å². The smallest absolute Gasteiger partial charge is 0.266 e. The van der Waals surface area contributed by atoms with Crippen molar-refractivity contribution in [1.29, 1.82) is 5.26 Å².